The molecule has 0 saturated carbocycles. The molecule has 2 aromatic rings. The van der Waals surface area contributed by atoms with E-state index in [1.165, 1.54) is 17.3 Å². The van der Waals surface area contributed by atoms with Crippen LogP contribution in [0.25, 0.3) is 0 Å². The Hall–Kier alpha value is -3.09. The molecule has 7 heteroatoms. The fourth-order valence-corrected chi connectivity index (χ4v) is 3.33. The summed E-state index contributed by atoms with van der Waals surface area (Å²) in [6, 6.07) is 14.7. The van der Waals surface area contributed by atoms with Crippen LogP contribution in [-0.2, 0) is 4.79 Å². The van der Waals surface area contributed by atoms with Crippen LogP contribution in [0.15, 0.2) is 48.5 Å². The number of amides is 1. The third-order valence-electron chi connectivity index (χ3n) is 4.85. The van der Waals surface area contributed by atoms with Gasteiger partial charge < -0.3 is 14.5 Å². The lowest BCUT2D eigenvalue weighted by Gasteiger charge is -2.36. The van der Waals surface area contributed by atoms with Crippen molar-refractivity contribution < 1.29 is 14.5 Å². The molecule has 148 valence electrons. The summed E-state index contributed by atoms with van der Waals surface area (Å²) in [5.74, 6) is 0.349. The quantitative estimate of drug-likeness (QED) is 0.416. The molecule has 1 aliphatic heterocycles. The van der Waals surface area contributed by atoms with Crippen LogP contribution in [0.3, 0.4) is 0 Å². The summed E-state index contributed by atoms with van der Waals surface area (Å²) in [5.41, 5.74) is 2.38. The molecule has 1 aliphatic rings. The van der Waals surface area contributed by atoms with Crippen molar-refractivity contribution in [2.75, 3.05) is 37.7 Å². The van der Waals surface area contributed by atoms with E-state index in [9.17, 15) is 14.9 Å². The summed E-state index contributed by atoms with van der Waals surface area (Å²) in [6.45, 7) is 5.41. The Morgan fingerprint density at radius 2 is 1.86 bits per heavy atom. The molecule has 0 aromatic heterocycles. The largest absolute Gasteiger partial charge is 0.487 e. The Kier molecular flexibility index (Phi) is 6.47. The van der Waals surface area contributed by atoms with Gasteiger partial charge in [-0.15, -0.1) is 0 Å². The number of carbonyl (C=O) groups is 1. The van der Waals surface area contributed by atoms with Gasteiger partial charge in [0.15, 0.2) is 5.75 Å². The van der Waals surface area contributed by atoms with Gasteiger partial charge in [0.05, 0.1) is 11.5 Å². The van der Waals surface area contributed by atoms with Crippen molar-refractivity contribution in [3.63, 3.8) is 0 Å². The van der Waals surface area contributed by atoms with Crippen molar-refractivity contribution in [2.24, 2.45) is 0 Å². The van der Waals surface area contributed by atoms with E-state index in [2.05, 4.69) is 36.1 Å². The fraction of sp³-hybridized carbons (Fsp3) is 0.381. The molecule has 0 radical (unpaired) electrons. The zero-order valence-electron chi connectivity index (χ0n) is 16.0. The van der Waals surface area contributed by atoms with Crippen LogP contribution in [0, 0.1) is 17.0 Å². The van der Waals surface area contributed by atoms with Crippen LogP contribution >= 0.6 is 0 Å². The Morgan fingerprint density at radius 1 is 1.11 bits per heavy atom. The number of hydrogen-bond donors (Lipinski definition) is 0. The zero-order valence-corrected chi connectivity index (χ0v) is 16.0. The second-order valence-electron chi connectivity index (χ2n) is 6.88. The van der Waals surface area contributed by atoms with E-state index < -0.39 is 4.92 Å². The van der Waals surface area contributed by atoms with Crippen LogP contribution in [-0.4, -0.2) is 48.5 Å². The monoisotopic (exact) mass is 383 g/mol. The number of nitro groups is 1. The number of carbonyl (C=O) groups excluding carboxylic acids is 1. The first kappa shape index (κ1) is 19.7. The van der Waals surface area contributed by atoms with E-state index in [0.29, 0.717) is 25.9 Å². The highest BCUT2D eigenvalue weighted by molar-refractivity contribution is 5.76. The van der Waals surface area contributed by atoms with Gasteiger partial charge in [0.2, 0.25) is 5.91 Å². The van der Waals surface area contributed by atoms with E-state index in [1.807, 2.05) is 4.90 Å². The van der Waals surface area contributed by atoms with E-state index in [-0.39, 0.29) is 24.0 Å². The van der Waals surface area contributed by atoms with Crippen molar-refractivity contribution in [1.82, 2.24) is 4.90 Å². The van der Waals surface area contributed by atoms with Crippen molar-refractivity contribution >= 4 is 17.3 Å². The van der Waals surface area contributed by atoms with Crippen molar-refractivity contribution in [1.29, 1.82) is 0 Å². The van der Waals surface area contributed by atoms with Gasteiger partial charge in [0.25, 0.3) is 0 Å². The molecule has 1 saturated heterocycles. The highest BCUT2D eigenvalue weighted by atomic mass is 16.6. The van der Waals surface area contributed by atoms with Crippen LogP contribution in [0.1, 0.15) is 18.4 Å². The second kappa shape index (κ2) is 9.21. The predicted octanol–water partition coefficient (Wildman–Crippen LogP) is 3.41. The summed E-state index contributed by atoms with van der Waals surface area (Å²) in [4.78, 5) is 27.1. The summed E-state index contributed by atoms with van der Waals surface area (Å²) in [5, 5.41) is 11.0. The Labute approximate surface area is 164 Å². The highest BCUT2D eigenvalue weighted by Crippen LogP contribution is 2.26. The van der Waals surface area contributed by atoms with Gasteiger partial charge in [-0.25, -0.2) is 0 Å². The first-order valence-electron chi connectivity index (χ1n) is 9.50. The van der Waals surface area contributed by atoms with Gasteiger partial charge in [0.1, 0.15) is 0 Å². The molecule has 1 heterocycles. The normalized spacial score (nSPS) is 14.0. The maximum atomic E-state index is 12.4. The number of nitro benzene ring substituents is 1. The fourth-order valence-electron chi connectivity index (χ4n) is 3.33. The third-order valence-corrected chi connectivity index (χ3v) is 4.85. The molecule has 3 rings (SSSR count). The number of nitrogens with zero attached hydrogens (tertiary/aromatic N) is 3. The number of anilines is 1. The third kappa shape index (κ3) is 5.00. The lowest BCUT2D eigenvalue weighted by molar-refractivity contribution is -0.385. The van der Waals surface area contributed by atoms with Gasteiger partial charge in [-0.1, -0.05) is 24.3 Å². The van der Waals surface area contributed by atoms with Crippen molar-refractivity contribution in [3.8, 4) is 5.75 Å². The van der Waals surface area contributed by atoms with E-state index in [1.54, 1.807) is 18.2 Å². The van der Waals surface area contributed by atoms with E-state index in [4.69, 9.17) is 4.74 Å². The number of aryl methyl sites for hydroxylation is 1. The van der Waals surface area contributed by atoms with Crippen LogP contribution in [0.2, 0.25) is 0 Å². The molecule has 0 bridgehead atoms. The maximum Gasteiger partial charge on any atom is 0.310 e. The number of rotatable bonds is 7. The minimum absolute atomic E-state index is 0.0545. The highest BCUT2D eigenvalue weighted by Gasteiger charge is 2.21. The number of piperazine rings is 1. The number of hydrogen-bond acceptors (Lipinski definition) is 5. The lowest BCUT2D eigenvalue weighted by Crippen LogP contribution is -2.48. The second-order valence-corrected chi connectivity index (χ2v) is 6.88. The van der Waals surface area contributed by atoms with Gasteiger partial charge >= 0.3 is 5.69 Å². The van der Waals surface area contributed by atoms with Gasteiger partial charge in [-0.2, -0.15) is 0 Å². The average molecular weight is 383 g/mol. The van der Waals surface area contributed by atoms with Gasteiger partial charge in [0, 0.05) is 44.4 Å². The topological polar surface area (TPSA) is 75.9 Å². The van der Waals surface area contributed by atoms with Crippen LogP contribution in [0.4, 0.5) is 11.4 Å². The standard InChI is InChI=1S/C21H25N3O4/c1-17-6-4-7-18(16-17)22-11-13-23(14-12-22)21(25)10-5-15-28-20-9-3-2-8-19(20)24(26)27/h2-4,6-9,16H,5,10-15H2,1H3. The molecule has 28 heavy (non-hydrogen) atoms. The first-order valence-corrected chi connectivity index (χ1v) is 9.50. The molecule has 7 nitrogen and oxygen atoms in total. The Bertz CT molecular complexity index is 832. The smallest absolute Gasteiger partial charge is 0.310 e. The predicted molar refractivity (Wildman–Crippen MR) is 108 cm³/mol. The van der Waals surface area contributed by atoms with Crippen LogP contribution in [0.5, 0.6) is 5.75 Å². The van der Waals surface area contributed by atoms with E-state index in [0.717, 1.165) is 13.1 Å². The molecule has 0 atom stereocenters. The average Bonchev–Trinajstić information content (AvgIpc) is 2.71. The number of ether oxygens (including phenoxy) is 1. The Balaban J connectivity index is 1.41. The van der Waals surface area contributed by atoms with Gasteiger partial charge in [-0.3, -0.25) is 14.9 Å². The molecule has 0 unspecified atom stereocenters. The molecular weight excluding hydrogens is 358 g/mol. The zero-order chi connectivity index (χ0) is 19.9. The summed E-state index contributed by atoms with van der Waals surface area (Å²) in [7, 11) is 0. The summed E-state index contributed by atoms with van der Waals surface area (Å²) in [6.07, 6.45) is 0.911. The lowest BCUT2D eigenvalue weighted by atomic mass is 10.2. The van der Waals surface area contributed by atoms with Crippen molar-refractivity contribution in [3.05, 3.63) is 64.2 Å². The van der Waals surface area contributed by atoms with Gasteiger partial charge in [-0.05, 0) is 37.1 Å². The number of benzene rings is 2. The molecule has 0 aliphatic carbocycles. The molecule has 2 aromatic carbocycles. The Morgan fingerprint density at radius 3 is 2.57 bits per heavy atom. The number of para-hydroxylation sites is 2. The summed E-state index contributed by atoms with van der Waals surface area (Å²) < 4.78 is 5.50. The van der Waals surface area contributed by atoms with Crippen LogP contribution < -0.4 is 9.64 Å². The van der Waals surface area contributed by atoms with Crippen molar-refractivity contribution in [2.45, 2.75) is 19.8 Å². The first-order chi connectivity index (χ1) is 13.5. The molecule has 0 spiro atoms. The summed E-state index contributed by atoms with van der Waals surface area (Å²) >= 11 is 0. The molecular formula is C21H25N3O4. The molecule has 1 fully saturated rings. The SMILES string of the molecule is Cc1cccc(N2CCN(C(=O)CCCOc3ccccc3[N+](=O)[O-])CC2)c1. The minimum atomic E-state index is -0.464. The molecule has 0 N–H and O–H groups in total. The maximum absolute atomic E-state index is 12.4. The van der Waals surface area contributed by atoms with E-state index >= 15 is 0 Å². The minimum Gasteiger partial charge on any atom is -0.487 e. The molecule has 1 amide bonds.